The summed E-state index contributed by atoms with van der Waals surface area (Å²) in [5.41, 5.74) is 1.01. The zero-order chi connectivity index (χ0) is 23.3. The number of anilines is 1. The Balaban J connectivity index is 1.60. The topological polar surface area (TPSA) is 75.7 Å². The number of carbonyl (C=O) groups excluding carboxylic acids is 1. The Kier molecular flexibility index (Phi) is 7.44. The minimum atomic E-state index is -4.05. The van der Waals surface area contributed by atoms with Gasteiger partial charge in [-0.3, -0.25) is 4.79 Å². The van der Waals surface area contributed by atoms with Crippen LogP contribution in [0.1, 0.15) is 10.8 Å². The minimum Gasteiger partial charge on any atom is -0.379 e. The SMILES string of the molecule is O=C(Nc1ccc(F)c(S(=O)(=O)N2CCOCC2)c1)C(Sc1ccccc1)c1ccccc1. The number of nitrogens with one attached hydrogen (secondary N) is 1. The van der Waals surface area contributed by atoms with E-state index in [1.54, 1.807) is 0 Å². The van der Waals surface area contributed by atoms with E-state index in [-0.39, 0.29) is 37.9 Å². The van der Waals surface area contributed by atoms with Crippen molar-refractivity contribution < 1.29 is 22.3 Å². The summed E-state index contributed by atoms with van der Waals surface area (Å²) < 4.78 is 46.8. The average Bonchev–Trinajstić information content (AvgIpc) is 2.85. The highest BCUT2D eigenvalue weighted by Crippen LogP contribution is 2.36. The molecule has 0 bridgehead atoms. The number of ether oxygens (including phenoxy) is 1. The third-order valence-electron chi connectivity index (χ3n) is 5.12. The summed E-state index contributed by atoms with van der Waals surface area (Å²) in [5, 5.41) is 2.18. The van der Waals surface area contributed by atoms with Crippen LogP contribution in [0.2, 0.25) is 0 Å². The van der Waals surface area contributed by atoms with Gasteiger partial charge < -0.3 is 10.1 Å². The first-order chi connectivity index (χ1) is 15.9. The standard InChI is InChI=1S/C24H23FN2O4S2/c25-21-12-11-19(17-22(21)33(29,30)27-13-15-31-16-14-27)26-24(28)23(18-7-3-1-4-8-18)32-20-9-5-2-6-10-20/h1-12,17,23H,13-16H2,(H,26,28). The number of amides is 1. The first-order valence-corrected chi connectivity index (χ1v) is 12.7. The Morgan fingerprint density at radius 1 is 0.970 bits per heavy atom. The predicted octanol–water partition coefficient (Wildman–Crippen LogP) is 4.32. The highest BCUT2D eigenvalue weighted by molar-refractivity contribution is 8.00. The molecule has 1 N–H and O–H groups in total. The molecule has 1 heterocycles. The van der Waals surface area contributed by atoms with Gasteiger partial charge >= 0.3 is 0 Å². The summed E-state index contributed by atoms with van der Waals surface area (Å²) in [6, 6.07) is 22.4. The second-order valence-electron chi connectivity index (χ2n) is 7.37. The summed E-state index contributed by atoms with van der Waals surface area (Å²) in [5.74, 6) is -1.20. The van der Waals surface area contributed by atoms with Crippen molar-refractivity contribution in [1.82, 2.24) is 4.31 Å². The Morgan fingerprint density at radius 2 is 1.61 bits per heavy atom. The number of rotatable bonds is 7. The lowest BCUT2D eigenvalue weighted by atomic mass is 10.1. The van der Waals surface area contributed by atoms with Crippen LogP contribution in [0.5, 0.6) is 0 Å². The molecular formula is C24H23FN2O4S2. The van der Waals surface area contributed by atoms with Crippen molar-refractivity contribution in [2.45, 2.75) is 15.0 Å². The molecule has 33 heavy (non-hydrogen) atoms. The van der Waals surface area contributed by atoms with Gasteiger partial charge in [0.2, 0.25) is 15.9 Å². The van der Waals surface area contributed by atoms with Crippen molar-refractivity contribution in [3.8, 4) is 0 Å². The molecule has 0 saturated carbocycles. The van der Waals surface area contributed by atoms with Crippen LogP contribution in [0.25, 0.3) is 0 Å². The molecule has 1 unspecified atom stereocenters. The summed E-state index contributed by atoms with van der Waals surface area (Å²) in [6.45, 7) is 0.823. The van der Waals surface area contributed by atoms with Gasteiger partial charge in [-0.1, -0.05) is 48.5 Å². The number of benzene rings is 3. The van der Waals surface area contributed by atoms with Gasteiger partial charge in [0.15, 0.2) is 0 Å². The Labute approximate surface area is 196 Å². The van der Waals surface area contributed by atoms with E-state index in [9.17, 15) is 17.6 Å². The van der Waals surface area contributed by atoms with Gasteiger partial charge in [0.05, 0.1) is 13.2 Å². The van der Waals surface area contributed by atoms with Crippen molar-refractivity contribution in [3.63, 3.8) is 0 Å². The van der Waals surface area contributed by atoms with Gasteiger partial charge in [-0.2, -0.15) is 4.31 Å². The summed E-state index contributed by atoms with van der Waals surface area (Å²) in [4.78, 5) is 13.7. The van der Waals surface area contributed by atoms with Crippen molar-refractivity contribution in [2.75, 3.05) is 31.6 Å². The quantitative estimate of drug-likeness (QED) is 0.504. The molecule has 0 aromatic heterocycles. The number of sulfonamides is 1. The van der Waals surface area contributed by atoms with Crippen LogP contribution in [0.4, 0.5) is 10.1 Å². The number of hydrogen-bond acceptors (Lipinski definition) is 5. The maximum Gasteiger partial charge on any atom is 0.246 e. The lowest BCUT2D eigenvalue weighted by molar-refractivity contribution is -0.115. The van der Waals surface area contributed by atoms with E-state index in [4.69, 9.17) is 4.74 Å². The first kappa shape index (κ1) is 23.4. The van der Waals surface area contributed by atoms with Crippen molar-refractivity contribution in [1.29, 1.82) is 0 Å². The lowest BCUT2D eigenvalue weighted by Crippen LogP contribution is -2.40. The molecule has 0 aliphatic carbocycles. The van der Waals surface area contributed by atoms with E-state index in [0.717, 1.165) is 16.5 Å². The fourth-order valence-electron chi connectivity index (χ4n) is 3.45. The summed E-state index contributed by atoms with van der Waals surface area (Å²) in [6.07, 6.45) is 0. The fourth-order valence-corrected chi connectivity index (χ4v) is 5.99. The number of nitrogens with zero attached hydrogens (tertiary/aromatic N) is 1. The molecule has 0 radical (unpaired) electrons. The first-order valence-electron chi connectivity index (χ1n) is 10.4. The number of carbonyl (C=O) groups is 1. The third kappa shape index (κ3) is 5.62. The van der Waals surface area contributed by atoms with Crippen LogP contribution < -0.4 is 5.32 Å². The highest BCUT2D eigenvalue weighted by Gasteiger charge is 2.30. The largest absolute Gasteiger partial charge is 0.379 e. The van der Waals surface area contributed by atoms with Crippen LogP contribution in [-0.4, -0.2) is 44.9 Å². The fraction of sp³-hybridized carbons (Fsp3) is 0.208. The molecule has 0 spiro atoms. The molecule has 4 rings (SSSR count). The Morgan fingerprint density at radius 3 is 2.27 bits per heavy atom. The normalized spacial score (nSPS) is 15.7. The molecule has 1 fully saturated rings. The zero-order valence-corrected chi connectivity index (χ0v) is 19.3. The number of hydrogen-bond donors (Lipinski definition) is 1. The second kappa shape index (κ2) is 10.5. The van der Waals surface area contributed by atoms with E-state index < -0.39 is 26.0 Å². The molecule has 1 saturated heterocycles. The monoisotopic (exact) mass is 486 g/mol. The smallest absolute Gasteiger partial charge is 0.246 e. The van der Waals surface area contributed by atoms with Gasteiger partial charge in [-0.25, -0.2) is 12.8 Å². The highest BCUT2D eigenvalue weighted by atomic mass is 32.2. The van der Waals surface area contributed by atoms with Gasteiger partial charge in [0, 0.05) is 23.7 Å². The molecule has 1 aliphatic rings. The molecule has 1 atom stereocenters. The minimum absolute atomic E-state index is 0.155. The van der Waals surface area contributed by atoms with Crippen LogP contribution in [0.15, 0.2) is 88.7 Å². The molecule has 1 amide bonds. The maximum atomic E-state index is 14.5. The number of halogens is 1. The predicted molar refractivity (Wildman–Crippen MR) is 126 cm³/mol. The molecule has 9 heteroatoms. The molecule has 6 nitrogen and oxygen atoms in total. The van der Waals surface area contributed by atoms with Crippen molar-refractivity contribution >= 4 is 33.4 Å². The van der Waals surface area contributed by atoms with E-state index in [2.05, 4.69) is 5.32 Å². The van der Waals surface area contributed by atoms with Crippen molar-refractivity contribution in [3.05, 3.63) is 90.2 Å². The van der Waals surface area contributed by atoms with Crippen LogP contribution in [0.3, 0.4) is 0 Å². The van der Waals surface area contributed by atoms with Crippen LogP contribution in [0, 0.1) is 5.82 Å². The van der Waals surface area contributed by atoms with E-state index >= 15 is 0 Å². The van der Waals surface area contributed by atoms with Crippen LogP contribution >= 0.6 is 11.8 Å². The maximum absolute atomic E-state index is 14.5. The van der Waals surface area contributed by atoms with E-state index in [1.165, 1.54) is 28.2 Å². The third-order valence-corrected chi connectivity index (χ3v) is 8.30. The number of morpholine rings is 1. The summed E-state index contributed by atoms with van der Waals surface area (Å²) in [7, 11) is -4.05. The molecule has 3 aromatic rings. The molecule has 172 valence electrons. The summed E-state index contributed by atoms with van der Waals surface area (Å²) >= 11 is 1.38. The van der Waals surface area contributed by atoms with Crippen LogP contribution in [-0.2, 0) is 19.6 Å². The Hall–Kier alpha value is -2.72. The molecule has 1 aliphatic heterocycles. The Bertz CT molecular complexity index is 1200. The van der Waals surface area contributed by atoms with Gasteiger partial charge in [-0.15, -0.1) is 11.8 Å². The van der Waals surface area contributed by atoms with E-state index in [1.807, 2.05) is 60.7 Å². The number of thioether (sulfide) groups is 1. The van der Waals surface area contributed by atoms with Gasteiger partial charge in [0.1, 0.15) is 16.0 Å². The van der Waals surface area contributed by atoms with Crippen molar-refractivity contribution in [2.24, 2.45) is 0 Å². The average molecular weight is 487 g/mol. The van der Waals surface area contributed by atoms with E-state index in [0.29, 0.717) is 0 Å². The molecular weight excluding hydrogens is 463 g/mol. The zero-order valence-electron chi connectivity index (χ0n) is 17.7. The molecule has 3 aromatic carbocycles. The second-order valence-corrected chi connectivity index (χ2v) is 10.5. The van der Waals surface area contributed by atoms with Gasteiger partial charge in [-0.05, 0) is 35.9 Å². The van der Waals surface area contributed by atoms with Gasteiger partial charge in [0.25, 0.3) is 0 Å². The lowest BCUT2D eigenvalue weighted by Gasteiger charge is -2.26.